The van der Waals surface area contributed by atoms with E-state index < -0.39 is 0 Å². The van der Waals surface area contributed by atoms with Crippen LogP contribution in [0.5, 0.6) is 11.5 Å². The number of carbonyl (C=O) groups excluding carboxylic acids is 1. The van der Waals surface area contributed by atoms with Gasteiger partial charge in [-0.1, -0.05) is 17.7 Å². The van der Waals surface area contributed by atoms with Gasteiger partial charge in [0.15, 0.2) is 11.5 Å². The molecule has 1 amide bonds. The minimum atomic E-state index is -0.271. The second kappa shape index (κ2) is 8.13. The van der Waals surface area contributed by atoms with Crippen molar-refractivity contribution in [2.45, 2.75) is 17.1 Å². The maximum Gasteiger partial charge on any atom is 0.237 e. The average molecular weight is 352 g/mol. The quantitative estimate of drug-likeness (QED) is 0.780. The fraction of sp³-hybridized carbons (Fsp3) is 0.235. The molecule has 6 heteroatoms. The Labute approximate surface area is 145 Å². The number of carbonyl (C=O) groups is 1. The first-order chi connectivity index (χ1) is 11.0. The molecule has 0 heterocycles. The molecule has 0 saturated carbocycles. The van der Waals surface area contributed by atoms with Gasteiger partial charge in [-0.2, -0.15) is 0 Å². The van der Waals surface area contributed by atoms with E-state index in [-0.39, 0.29) is 11.2 Å². The zero-order valence-electron chi connectivity index (χ0n) is 13.1. The van der Waals surface area contributed by atoms with Crippen LogP contribution in [0.15, 0.2) is 47.4 Å². The zero-order chi connectivity index (χ0) is 16.8. The Morgan fingerprint density at radius 3 is 2.52 bits per heavy atom. The molecule has 0 aliphatic heterocycles. The van der Waals surface area contributed by atoms with E-state index in [1.165, 1.54) is 11.8 Å². The summed E-state index contributed by atoms with van der Waals surface area (Å²) in [7, 11) is 3.17. The standard InChI is InChI=1S/C17H18ClNO3S/c1-11(17(20)19-13-6-4-5-12(18)9-13)23-14-7-8-15(21-2)16(10-14)22-3/h4-11H,1-3H3,(H,19,20)/t11-/m0/s1. The lowest BCUT2D eigenvalue weighted by Gasteiger charge is -2.14. The van der Waals surface area contributed by atoms with Gasteiger partial charge in [-0.25, -0.2) is 0 Å². The van der Waals surface area contributed by atoms with Crippen molar-refractivity contribution >= 4 is 35.0 Å². The number of nitrogens with one attached hydrogen (secondary N) is 1. The molecule has 0 unspecified atom stereocenters. The van der Waals surface area contributed by atoms with E-state index in [2.05, 4.69) is 5.32 Å². The van der Waals surface area contributed by atoms with Crippen molar-refractivity contribution < 1.29 is 14.3 Å². The highest BCUT2D eigenvalue weighted by Crippen LogP contribution is 2.33. The first kappa shape index (κ1) is 17.5. The third-order valence-electron chi connectivity index (χ3n) is 3.13. The van der Waals surface area contributed by atoms with E-state index in [9.17, 15) is 4.79 Å². The second-order valence-corrected chi connectivity index (χ2v) is 6.63. The van der Waals surface area contributed by atoms with Gasteiger partial charge in [-0.15, -0.1) is 11.8 Å². The Kier molecular flexibility index (Phi) is 6.19. The molecule has 0 saturated heterocycles. The van der Waals surface area contributed by atoms with Crippen molar-refractivity contribution in [3.63, 3.8) is 0 Å². The number of halogens is 1. The first-order valence-electron chi connectivity index (χ1n) is 6.98. The molecule has 1 N–H and O–H groups in total. The molecule has 0 aromatic heterocycles. The SMILES string of the molecule is COc1ccc(S[C@@H](C)C(=O)Nc2cccc(Cl)c2)cc1OC. The van der Waals surface area contributed by atoms with Crippen molar-refractivity contribution in [1.29, 1.82) is 0 Å². The molecule has 23 heavy (non-hydrogen) atoms. The molecule has 2 aromatic carbocycles. The van der Waals surface area contributed by atoms with Crippen molar-refractivity contribution in [2.75, 3.05) is 19.5 Å². The molecule has 0 aliphatic carbocycles. The van der Waals surface area contributed by atoms with Crippen LogP contribution in [0.3, 0.4) is 0 Å². The number of hydrogen-bond donors (Lipinski definition) is 1. The molecule has 2 aromatic rings. The fourth-order valence-electron chi connectivity index (χ4n) is 1.96. The van der Waals surface area contributed by atoms with E-state index in [1.54, 1.807) is 38.5 Å². The predicted molar refractivity (Wildman–Crippen MR) is 94.9 cm³/mol. The van der Waals surface area contributed by atoms with Gasteiger partial charge >= 0.3 is 0 Å². The number of hydrogen-bond acceptors (Lipinski definition) is 4. The molecular formula is C17H18ClNO3S. The molecule has 2 rings (SSSR count). The maximum atomic E-state index is 12.3. The third kappa shape index (κ3) is 4.81. The van der Waals surface area contributed by atoms with Crippen LogP contribution >= 0.6 is 23.4 Å². The average Bonchev–Trinajstić information content (AvgIpc) is 2.54. The van der Waals surface area contributed by atoms with Crippen LogP contribution in [0.25, 0.3) is 0 Å². The summed E-state index contributed by atoms with van der Waals surface area (Å²) in [4.78, 5) is 13.2. The summed E-state index contributed by atoms with van der Waals surface area (Å²) < 4.78 is 10.5. The zero-order valence-corrected chi connectivity index (χ0v) is 14.7. The van der Waals surface area contributed by atoms with Crippen molar-refractivity contribution in [3.05, 3.63) is 47.5 Å². The monoisotopic (exact) mass is 351 g/mol. The largest absolute Gasteiger partial charge is 0.493 e. The Morgan fingerprint density at radius 2 is 1.87 bits per heavy atom. The summed E-state index contributed by atoms with van der Waals surface area (Å²) >= 11 is 7.36. The van der Waals surface area contributed by atoms with Crippen LogP contribution in [-0.2, 0) is 4.79 Å². The molecule has 0 bridgehead atoms. The molecule has 0 radical (unpaired) electrons. The highest BCUT2D eigenvalue weighted by Gasteiger charge is 2.16. The van der Waals surface area contributed by atoms with Crippen LogP contribution in [0.2, 0.25) is 5.02 Å². The van der Waals surface area contributed by atoms with E-state index in [4.69, 9.17) is 21.1 Å². The van der Waals surface area contributed by atoms with Crippen LogP contribution in [-0.4, -0.2) is 25.4 Å². The van der Waals surface area contributed by atoms with Gasteiger partial charge in [0.1, 0.15) is 0 Å². The van der Waals surface area contributed by atoms with E-state index in [0.717, 1.165) is 4.90 Å². The van der Waals surface area contributed by atoms with Gasteiger partial charge in [-0.05, 0) is 43.3 Å². The molecule has 0 fully saturated rings. The minimum absolute atomic E-state index is 0.0907. The number of ether oxygens (including phenoxy) is 2. The number of rotatable bonds is 6. The van der Waals surface area contributed by atoms with Crippen LogP contribution < -0.4 is 14.8 Å². The van der Waals surface area contributed by atoms with Crippen LogP contribution in [0.1, 0.15) is 6.92 Å². The Balaban J connectivity index is 2.03. The highest BCUT2D eigenvalue weighted by molar-refractivity contribution is 8.00. The number of methoxy groups -OCH3 is 2. The molecular weight excluding hydrogens is 334 g/mol. The highest BCUT2D eigenvalue weighted by atomic mass is 35.5. The van der Waals surface area contributed by atoms with Crippen LogP contribution in [0, 0.1) is 0 Å². The lowest BCUT2D eigenvalue weighted by molar-refractivity contribution is -0.115. The lowest BCUT2D eigenvalue weighted by atomic mass is 10.3. The summed E-state index contributed by atoms with van der Waals surface area (Å²) in [6.07, 6.45) is 0. The van der Waals surface area contributed by atoms with Gasteiger partial charge in [0.25, 0.3) is 0 Å². The summed E-state index contributed by atoms with van der Waals surface area (Å²) in [6, 6.07) is 12.7. The van der Waals surface area contributed by atoms with E-state index in [0.29, 0.717) is 22.2 Å². The number of thioether (sulfide) groups is 1. The Hall–Kier alpha value is -1.85. The summed E-state index contributed by atoms with van der Waals surface area (Å²) in [6.45, 7) is 1.85. The normalized spacial score (nSPS) is 11.7. The molecule has 4 nitrogen and oxygen atoms in total. The molecule has 0 aliphatic rings. The number of amides is 1. The van der Waals surface area contributed by atoms with E-state index in [1.807, 2.05) is 25.1 Å². The Morgan fingerprint density at radius 1 is 1.13 bits per heavy atom. The minimum Gasteiger partial charge on any atom is -0.493 e. The van der Waals surface area contributed by atoms with Crippen molar-refractivity contribution in [3.8, 4) is 11.5 Å². The van der Waals surface area contributed by atoms with Crippen molar-refractivity contribution in [2.24, 2.45) is 0 Å². The number of benzene rings is 2. The van der Waals surface area contributed by atoms with Crippen LogP contribution in [0.4, 0.5) is 5.69 Å². The topological polar surface area (TPSA) is 47.6 Å². The van der Waals surface area contributed by atoms with Gasteiger partial charge < -0.3 is 14.8 Å². The summed E-state index contributed by atoms with van der Waals surface area (Å²) in [5.74, 6) is 1.21. The molecule has 122 valence electrons. The number of anilines is 1. The van der Waals surface area contributed by atoms with Gasteiger partial charge in [0, 0.05) is 15.6 Å². The van der Waals surface area contributed by atoms with Gasteiger partial charge in [0.05, 0.1) is 19.5 Å². The first-order valence-corrected chi connectivity index (χ1v) is 8.24. The van der Waals surface area contributed by atoms with Gasteiger partial charge in [-0.3, -0.25) is 4.79 Å². The summed E-state index contributed by atoms with van der Waals surface area (Å²) in [5.41, 5.74) is 0.683. The predicted octanol–water partition coefficient (Wildman–Crippen LogP) is 4.48. The second-order valence-electron chi connectivity index (χ2n) is 4.78. The van der Waals surface area contributed by atoms with Gasteiger partial charge in [0.2, 0.25) is 5.91 Å². The molecule has 0 spiro atoms. The lowest BCUT2D eigenvalue weighted by Crippen LogP contribution is -2.22. The Bertz CT molecular complexity index is 693. The third-order valence-corrected chi connectivity index (χ3v) is 4.46. The maximum absolute atomic E-state index is 12.3. The smallest absolute Gasteiger partial charge is 0.237 e. The molecule has 1 atom stereocenters. The van der Waals surface area contributed by atoms with E-state index >= 15 is 0 Å². The fourth-order valence-corrected chi connectivity index (χ4v) is 3.04. The summed E-state index contributed by atoms with van der Waals surface area (Å²) in [5, 5.41) is 3.17. The van der Waals surface area contributed by atoms with Crippen molar-refractivity contribution in [1.82, 2.24) is 0 Å².